The van der Waals surface area contributed by atoms with Gasteiger partial charge in [0.1, 0.15) is 0 Å². The summed E-state index contributed by atoms with van der Waals surface area (Å²) in [6.45, 7) is 2.19. The van der Waals surface area contributed by atoms with Crippen LogP contribution in [0, 0.1) is 6.92 Å². The first-order chi connectivity index (χ1) is 8.10. The van der Waals surface area contributed by atoms with E-state index in [0.29, 0.717) is 17.9 Å². The van der Waals surface area contributed by atoms with Crippen LogP contribution in [0.25, 0.3) is 11.4 Å². The molecule has 0 saturated heterocycles. The molecule has 17 heavy (non-hydrogen) atoms. The molecule has 88 valence electrons. The number of aromatic nitrogens is 2. The van der Waals surface area contributed by atoms with Crippen molar-refractivity contribution >= 4 is 0 Å². The van der Waals surface area contributed by atoms with Crippen molar-refractivity contribution < 1.29 is 10.2 Å². The number of aryl methyl sites for hydroxylation is 1. The summed E-state index contributed by atoms with van der Waals surface area (Å²) in [5.74, 6) is 0.128. The Morgan fingerprint density at radius 1 is 1.12 bits per heavy atom. The number of nitrogens with zero attached hydrogens (tertiary/aromatic N) is 2. The molecule has 5 heteroatoms. The highest BCUT2D eigenvalue weighted by Crippen LogP contribution is 2.29. The first kappa shape index (κ1) is 11.3. The van der Waals surface area contributed by atoms with Gasteiger partial charge in [-0.05, 0) is 31.2 Å². The van der Waals surface area contributed by atoms with Crippen molar-refractivity contribution in [2.75, 3.05) is 0 Å². The van der Waals surface area contributed by atoms with Gasteiger partial charge in [0, 0.05) is 17.8 Å². The first-order valence-electron chi connectivity index (χ1n) is 5.17. The fraction of sp³-hybridized carbons (Fsp3) is 0.167. The lowest BCUT2D eigenvalue weighted by Crippen LogP contribution is -2.03. The molecular formula is C12H13N3O2. The zero-order valence-corrected chi connectivity index (χ0v) is 9.38. The van der Waals surface area contributed by atoms with Crippen LogP contribution in [0.4, 0.5) is 0 Å². The minimum Gasteiger partial charge on any atom is -0.504 e. The summed E-state index contributed by atoms with van der Waals surface area (Å²) >= 11 is 0. The third-order valence-corrected chi connectivity index (χ3v) is 2.35. The Balaban J connectivity index is 2.52. The number of aromatic hydroxyl groups is 2. The normalized spacial score (nSPS) is 10.5. The van der Waals surface area contributed by atoms with Gasteiger partial charge in [0.15, 0.2) is 17.3 Å². The molecule has 0 unspecified atom stereocenters. The molecule has 0 aliphatic rings. The topological polar surface area (TPSA) is 92.3 Å². The van der Waals surface area contributed by atoms with Crippen LogP contribution in [0.3, 0.4) is 0 Å². The summed E-state index contributed by atoms with van der Waals surface area (Å²) in [5.41, 5.74) is 7.72. The summed E-state index contributed by atoms with van der Waals surface area (Å²) < 4.78 is 0. The van der Waals surface area contributed by atoms with E-state index < -0.39 is 0 Å². The van der Waals surface area contributed by atoms with E-state index in [9.17, 15) is 10.2 Å². The molecule has 0 fully saturated rings. The maximum Gasteiger partial charge on any atom is 0.159 e. The van der Waals surface area contributed by atoms with Crippen molar-refractivity contribution in [3.05, 3.63) is 35.7 Å². The van der Waals surface area contributed by atoms with E-state index in [1.165, 1.54) is 12.1 Å². The Labute approximate surface area is 98.6 Å². The molecule has 2 rings (SSSR count). The Kier molecular flexibility index (Phi) is 2.93. The molecule has 0 amide bonds. The van der Waals surface area contributed by atoms with Crippen LogP contribution >= 0.6 is 0 Å². The number of phenols is 2. The quantitative estimate of drug-likeness (QED) is 0.678. The second-order valence-electron chi connectivity index (χ2n) is 3.73. The summed E-state index contributed by atoms with van der Waals surface area (Å²) in [7, 11) is 0. The van der Waals surface area contributed by atoms with E-state index >= 15 is 0 Å². The number of hydrogen-bond donors (Lipinski definition) is 3. The summed E-state index contributed by atoms with van der Waals surface area (Å²) in [6.07, 6.45) is 0. The summed E-state index contributed by atoms with van der Waals surface area (Å²) in [5, 5.41) is 18.7. The number of phenolic OH excluding ortho intramolecular Hbond substituents is 2. The Hall–Kier alpha value is -2.14. The molecule has 0 atom stereocenters. The largest absolute Gasteiger partial charge is 0.504 e. The standard InChI is InChI=1S/C12H13N3O2/c1-7-4-9(6-13)15-12(14-7)8-2-3-10(16)11(17)5-8/h2-5,16-17H,6,13H2,1H3. The van der Waals surface area contributed by atoms with Crippen molar-refractivity contribution in [2.45, 2.75) is 13.5 Å². The summed E-state index contributed by atoms with van der Waals surface area (Å²) in [4.78, 5) is 8.53. The molecule has 0 saturated carbocycles. The number of nitrogens with two attached hydrogens (primary N) is 1. The van der Waals surface area contributed by atoms with E-state index in [1.54, 1.807) is 6.07 Å². The van der Waals surface area contributed by atoms with Crippen molar-refractivity contribution in [2.24, 2.45) is 5.73 Å². The molecule has 1 aromatic heterocycles. The molecular weight excluding hydrogens is 218 g/mol. The average molecular weight is 231 g/mol. The fourth-order valence-electron chi connectivity index (χ4n) is 1.53. The van der Waals surface area contributed by atoms with Crippen LogP contribution in [-0.2, 0) is 6.54 Å². The van der Waals surface area contributed by atoms with E-state index in [4.69, 9.17) is 5.73 Å². The molecule has 0 spiro atoms. The highest BCUT2D eigenvalue weighted by atomic mass is 16.3. The smallest absolute Gasteiger partial charge is 0.159 e. The molecule has 0 bridgehead atoms. The maximum atomic E-state index is 9.43. The van der Waals surface area contributed by atoms with Crippen LogP contribution in [0.2, 0.25) is 0 Å². The van der Waals surface area contributed by atoms with Gasteiger partial charge >= 0.3 is 0 Å². The predicted octanol–water partition coefficient (Wildman–Crippen LogP) is 1.32. The SMILES string of the molecule is Cc1cc(CN)nc(-c2ccc(O)c(O)c2)n1. The van der Waals surface area contributed by atoms with Gasteiger partial charge in [0.2, 0.25) is 0 Å². The van der Waals surface area contributed by atoms with Gasteiger partial charge in [0.25, 0.3) is 0 Å². The van der Waals surface area contributed by atoms with Gasteiger partial charge in [-0.25, -0.2) is 9.97 Å². The maximum absolute atomic E-state index is 9.43. The number of hydrogen-bond acceptors (Lipinski definition) is 5. The monoisotopic (exact) mass is 231 g/mol. The fourth-order valence-corrected chi connectivity index (χ4v) is 1.53. The summed E-state index contributed by atoms with van der Waals surface area (Å²) in [6, 6.07) is 6.27. The lowest BCUT2D eigenvalue weighted by molar-refractivity contribution is 0.404. The van der Waals surface area contributed by atoms with Gasteiger partial charge in [-0.2, -0.15) is 0 Å². The molecule has 0 aliphatic heterocycles. The minimum absolute atomic E-state index is 0.166. The molecule has 5 nitrogen and oxygen atoms in total. The zero-order chi connectivity index (χ0) is 12.4. The van der Waals surface area contributed by atoms with Crippen LogP contribution in [-0.4, -0.2) is 20.2 Å². The van der Waals surface area contributed by atoms with Crippen molar-refractivity contribution in [3.63, 3.8) is 0 Å². The van der Waals surface area contributed by atoms with Gasteiger partial charge in [-0.3, -0.25) is 0 Å². The lowest BCUT2D eigenvalue weighted by Gasteiger charge is -2.05. The molecule has 4 N–H and O–H groups in total. The average Bonchev–Trinajstić information content (AvgIpc) is 2.32. The number of rotatable bonds is 2. The molecule has 0 aliphatic carbocycles. The second kappa shape index (κ2) is 4.39. The van der Waals surface area contributed by atoms with E-state index in [0.717, 1.165) is 11.4 Å². The molecule has 1 aromatic carbocycles. The van der Waals surface area contributed by atoms with Crippen LogP contribution in [0.1, 0.15) is 11.4 Å². The third kappa shape index (κ3) is 2.34. The van der Waals surface area contributed by atoms with E-state index in [2.05, 4.69) is 9.97 Å². The molecule has 2 aromatic rings. The third-order valence-electron chi connectivity index (χ3n) is 2.35. The van der Waals surface area contributed by atoms with Crippen molar-refractivity contribution in [1.29, 1.82) is 0 Å². The Morgan fingerprint density at radius 3 is 2.53 bits per heavy atom. The van der Waals surface area contributed by atoms with Gasteiger partial charge in [0.05, 0.1) is 5.69 Å². The van der Waals surface area contributed by atoms with E-state index in [-0.39, 0.29) is 11.5 Å². The van der Waals surface area contributed by atoms with Crippen molar-refractivity contribution in [1.82, 2.24) is 9.97 Å². The zero-order valence-electron chi connectivity index (χ0n) is 9.38. The van der Waals surface area contributed by atoms with Crippen molar-refractivity contribution in [3.8, 4) is 22.9 Å². The Morgan fingerprint density at radius 2 is 1.88 bits per heavy atom. The minimum atomic E-state index is -0.193. The predicted molar refractivity (Wildman–Crippen MR) is 63.4 cm³/mol. The van der Waals surface area contributed by atoms with Crippen LogP contribution < -0.4 is 5.73 Å². The van der Waals surface area contributed by atoms with E-state index in [1.807, 2.05) is 13.0 Å². The lowest BCUT2D eigenvalue weighted by atomic mass is 10.2. The molecule has 0 radical (unpaired) electrons. The first-order valence-corrected chi connectivity index (χ1v) is 5.17. The second-order valence-corrected chi connectivity index (χ2v) is 3.73. The van der Waals surface area contributed by atoms with Crippen LogP contribution in [0.15, 0.2) is 24.3 Å². The Bertz CT molecular complexity index is 555. The van der Waals surface area contributed by atoms with Gasteiger partial charge < -0.3 is 15.9 Å². The highest BCUT2D eigenvalue weighted by molar-refractivity contribution is 5.60. The number of benzene rings is 1. The van der Waals surface area contributed by atoms with Gasteiger partial charge in [-0.15, -0.1) is 0 Å². The molecule has 1 heterocycles. The van der Waals surface area contributed by atoms with Crippen LogP contribution in [0.5, 0.6) is 11.5 Å². The highest BCUT2D eigenvalue weighted by Gasteiger charge is 2.07. The van der Waals surface area contributed by atoms with Gasteiger partial charge in [-0.1, -0.05) is 0 Å².